The van der Waals surface area contributed by atoms with Crippen molar-refractivity contribution in [3.63, 3.8) is 0 Å². The van der Waals surface area contributed by atoms with Gasteiger partial charge < -0.3 is 10.2 Å². The first-order valence-corrected chi connectivity index (χ1v) is 9.05. The maximum atomic E-state index is 12.5. The average Bonchev–Trinajstić information content (AvgIpc) is 2.95. The Morgan fingerprint density at radius 3 is 2.50 bits per heavy atom. The number of likely N-dealkylation sites (tertiary alicyclic amines) is 1. The zero-order valence-corrected chi connectivity index (χ0v) is 15.5. The number of nitrogens with one attached hydrogen (secondary N) is 1. The van der Waals surface area contributed by atoms with E-state index in [0.717, 1.165) is 5.56 Å². The summed E-state index contributed by atoms with van der Waals surface area (Å²) >= 11 is 12.1. The van der Waals surface area contributed by atoms with Crippen LogP contribution >= 0.6 is 23.2 Å². The molecule has 1 aliphatic rings. The standard InChI is InChI=1S/C20H18Cl2N2O2/c21-16-7-4-8-17(22)15(16)9-10-19(25)23-18-11-12-24(20(18)26)13-14-5-2-1-3-6-14/h1-10,18H,11-13H2,(H,23,25)/b10-9-/t18-/m1/s1. The number of benzene rings is 2. The molecule has 0 saturated carbocycles. The molecule has 4 nitrogen and oxygen atoms in total. The number of halogens is 2. The van der Waals surface area contributed by atoms with E-state index >= 15 is 0 Å². The van der Waals surface area contributed by atoms with E-state index in [1.54, 1.807) is 29.2 Å². The molecule has 3 rings (SSSR count). The average molecular weight is 389 g/mol. The summed E-state index contributed by atoms with van der Waals surface area (Å²) in [4.78, 5) is 26.4. The Morgan fingerprint density at radius 2 is 1.81 bits per heavy atom. The van der Waals surface area contributed by atoms with Crippen LogP contribution in [0.15, 0.2) is 54.6 Å². The van der Waals surface area contributed by atoms with Crippen molar-refractivity contribution in [3.05, 3.63) is 75.8 Å². The van der Waals surface area contributed by atoms with Crippen LogP contribution in [0.3, 0.4) is 0 Å². The highest BCUT2D eigenvalue weighted by atomic mass is 35.5. The molecule has 2 aromatic rings. The number of nitrogens with zero attached hydrogens (tertiary/aromatic N) is 1. The molecular formula is C20H18Cl2N2O2. The second-order valence-corrected chi connectivity index (χ2v) is 6.88. The van der Waals surface area contributed by atoms with Gasteiger partial charge in [0.2, 0.25) is 11.8 Å². The molecule has 0 aliphatic carbocycles. The first kappa shape index (κ1) is 18.5. The normalized spacial score (nSPS) is 17.1. The summed E-state index contributed by atoms with van der Waals surface area (Å²) in [5.41, 5.74) is 1.65. The van der Waals surface area contributed by atoms with E-state index in [1.165, 1.54) is 6.08 Å². The molecule has 6 heteroatoms. The highest BCUT2D eigenvalue weighted by Crippen LogP contribution is 2.25. The fraction of sp³-hybridized carbons (Fsp3) is 0.200. The molecule has 1 saturated heterocycles. The fourth-order valence-corrected chi connectivity index (χ4v) is 3.41. The summed E-state index contributed by atoms with van der Waals surface area (Å²) in [5.74, 6) is -0.410. The van der Waals surface area contributed by atoms with E-state index in [-0.39, 0.29) is 11.8 Å². The van der Waals surface area contributed by atoms with Gasteiger partial charge in [-0.1, -0.05) is 59.6 Å². The van der Waals surface area contributed by atoms with Crippen LogP contribution < -0.4 is 5.32 Å². The van der Waals surface area contributed by atoms with E-state index in [2.05, 4.69) is 5.32 Å². The highest BCUT2D eigenvalue weighted by molar-refractivity contribution is 6.37. The molecule has 1 aliphatic heterocycles. The summed E-state index contributed by atoms with van der Waals surface area (Å²) in [6.45, 7) is 1.18. The molecule has 134 valence electrons. The third kappa shape index (κ3) is 4.45. The van der Waals surface area contributed by atoms with Gasteiger partial charge in [0.25, 0.3) is 0 Å². The van der Waals surface area contributed by atoms with Crippen LogP contribution in [0.4, 0.5) is 0 Å². The molecule has 0 aromatic heterocycles. The minimum absolute atomic E-state index is 0.0635. The van der Waals surface area contributed by atoms with Gasteiger partial charge in [-0.2, -0.15) is 0 Å². The zero-order valence-electron chi connectivity index (χ0n) is 14.0. The molecule has 0 spiro atoms. The summed E-state index contributed by atoms with van der Waals surface area (Å²) in [5, 5.41) is 3.68. The van der Waals surface area contributed by atoms with Crippen LogP contribution in [0, 0.1) is 0 Å². The van der Waals surface area contributed by atoms with Crippen molar-refractivity contribution in [1.82, 2.24) is 10.2 Å². The van der Waals surface area contributed by atoms with Crippen molar-refractivity contribution in [3.8, 4) is 0 Å². The van der Waals surface area contributed by atoms with Crippen LogP contribution in [-0.2, 0) is 16.1 Å². The molecule has 1 N–H and O–H groups in total. The first-order valence-electron chi connectivity index (χ1n) is 8.30. The molecule has 0 unspecified atom stereocenters. The number of amides is 2. The third-order valence-electron chi connectivity index (χ3n) is 4.23. The monoisotopic (exact) mass is 388 g/mol. The second-order valence-electron chi connectivity index (χ2n) is 6.06. The molecular weight excluding hydrogens is 371 g/mol. The van der Waals surface area contributed by atoms with Crippen LogP contribution in [-0.4, -0.2) is 29.3 Å². The van der Waals surface area contributed by atoms with Crippen molar-refractivity contribution < 1.29 is 9.59 Å². The van der Waals surface area contributed by atoms with Gasteiger partial charge in [0.15, 0.2) is 0 Å². The van der Waals surface area contributed by atoms with Crippen molar-refractivity contribution >= 4 is 41.1 Å². The zero-order chi connectivity index (χ0) is 18.5. The van der Waals surface area contributed by atoms with Crippen LogP contribution in [0.1, 0.15) is 17.5 Å². The number of hydrogen-bond acceptors (Lipinski definition) is 2. The Labute approximate surface area is 162 Å². The Bertz CT molecular complexity index is 817. The molecule has 1 fully saturated rings. The SMILES string of the molecule is O=C(/C=C\c1c(Cl)cccc1Cl)N[C@@H]1CCN(Cc2ccccc2)C1=O. The first-order chi connectivity index (χ1) is 12.5. The molecule has 2 amide bonds. The van der Waals surface area contributed by atoms with Gasteiger partial charge in [-0.15, -0.1) is 0 Å². The van der Waals surface area contributed by atoms with Gasteiger partial charge in [-0.3, -0.25) is 9.59 Å². The number of carbonyl (C=O) groups excluding carboxylic acids is 2. The van der Waals surface area contributed by atoms with E-state index < -0.39 is 6.04 Å². The van der Waals surface area contributed by atoms with Gasteiger partial charge in [-0.25, -0.2) is 0 Å². The van der Waals surface area contributed by atoms with Crippen molar-refractivity contribution in [1.29, 1.82) is 0 Å². The lowest BCUT2D eigenvalue weighted by Gasteiger charge is -2.17. The Morgan fingerprint density at radius 1 is 1.12 bits per heavy atom. The quantitative estimate of drug-likeness (QED) is 0.788. The lowest BCUT2D eigenvalue weighted by atomic mass is 10.2. The molecule has 26 heavy (non-hydrogen) atoms. The molecule has 1 atom stereocenters. The van der Waals surface area contributed by atoms with E-state index in [0.29, 0.717) is 35.1 Å². The van der Waals surface area contributed by atoms with E-state index in [9.17, 15) is 9.59 Å². The summed E-state index contributed by atoms with van der Waals surface area (Å²) < 4.78 is 0. The van der Waals surface area contributed by atoms with Crippen molar-refractivity contribution in [2.45, 2.75) is 19.0 Å². The summed E-state index contributed by atoms with van der Waals surface area (Å²) in [6, 6.07) is 14.4. The van der Waals surface area contributed by atoms with Crippen LogP contribution in [0.2, 0.25) is 10.0 Å². The largest absolute Gasteiger partial charge is 0.341 e. The minimum Gasteiger partial charge on any atom is -0.341 e. The predicted molar refractivity (Wildman–Crippen MR) is 104 cm³/mol. The number of rotatable bonds is 5. The van der Waals surface area contributed by atoms with Crippen LogP contribution in [0.5, 0.6) is 0 Å². The topological polar surface area (TPSA) is 49.4 Å². The maximum Gasteiger partial charge on any atom is 0.245 e. The molecule has 0 bridgehead atoms. The Balaban J connectivity index is 1.58. The second kappa shape index (κ2) is 8.39. The summed E-state index contributed by atoms with van der Waals surface area (Å²) in [6.07, 6.45) is 3.50. The van der Waals surface area contributed by atoms with Crippen LogP contribution in [0.25, 0.3) is 6.08 Å². The van der Waals surface area contributed by atoms with Gasteiger partial charge in [0, 0.05) is 34.8 Å². The molecule has 0 radical (unpaired) electrons. The number of hydrogen-bond donors (Lipinski definition) is 1. The van der Waals surface area contributed by atoms with Gasteiger partial charge in [0.05, 0.1) is 0 Å². The Hall–Kier alpha value is -2.30. The lowest BCUT2D eigenvalue weighted by molar-refractivity contribution is -0.132. The fourth-order valence-electron chi connectivity index (χ4n) is 2.88. The Kier molecular flexibility index (Phi) is 5.96. The molecule has 2 aromatic carbocycles. The number of carbonyl (C=O) groups is 2. The summed E-state index contributed by atoms with van der Waals surface area (Å²) in [7, 11) is 0. The van der Waals surface area contributed by atoms with E-state index in [1.807, 2.05) is 30.3 Å². The van der Waals surface area contributed by atoms with Gasteiger partial charge in [0.1, 0.15) is 6.04 Å². The maximum absolute atomic E-state index is 12.5. The smallest absolute Gasteiger partial charge is 0.245 e. The lowest BCUT2D eigenvalue weighted by Crippen LogP contribution is -2.40. The highest BCUT2D eigenvalue weighted by Gasteiger charge is 2.32. The third-order valence-corrected chi connectivity index (χ3v) is 4.89. The predicted octanol–water partition coefficient (Wildman–Crippen LogP) is 3.92. The van der Waals surface area contributed by atoms with Crippen molar-refractivity contribution in [2.75, 3.05) is 6.54 Å². The van der Waals surface area contributed by atoms with Crippen molar-refractivity contribution in [2.24, 2.45) is 0 Å². The van der Waals surface area contributed by atoms with Gasteiger partial charge >= 0.3 is 0 Å². The minimum atomic E-state index is -0.502. The van der Waals surface area contributed by atoms with E-state index in [4.69, 9.17) is 23.2 Å². The molecule has 1 heterocycles. The van der Waals surface area contributed by atoms with Gasteiger partial charge in [-0.05, 0) is 30.2 Å².